The molecule has 0 bridgehead atoms. The molecular formula is C11H19N. The van der Waals surface area contributed by atoms with Crippen molar-refractivity contribution in [1.82, 2.24) is 0 Å². The number of allylic oxidation sites excluding steroid dienone is 4. The Labute approximate surface area is 75.7 Å². The third-order valence-corrected chi connectivity index (χ3v) is 1.72. The summed E-state index contributed by atoms with van der Waals surface area (Å²) in [5.74, 6) is 0. The first-order valence-corrected chi connectivity index (χ1v) is 4.17. The van der Waals surface area contributed by atoms with E-state index in [4.69, 9.17) is 5.73 Å². The molecule has 0 aliphatic carbocycles. The molecule has 0 saturated carbocycles. The lowest BCUT2D eigenvalue weighted by Gasteiger charge is -2.21. The monoisotopic (exact) mass is 165 g/mol. The molecule has 0 amide bonds. The molecule has 0 radical (unpaired) electrons. The van der Waals surface area contributed by atoms with E-state index in [1.807, 2.05) is 25.2 Å². The van der Waals surface area contributed by atoms with Gasteiger partial charge in [-0.2, -0.15) is 0 Å². The van der Waals surface area contributed by atoms with Crippen molar-refractivity contribution in [3.8, 4) is 0 Å². The molecule has 0 aliphatic rings. The van der Waals surface area contributed by atoms with Crippen molar-refractivity contribution in [2.24, 2.45) is 11.1 Å². The molecule has 0 unspecified atom stereocenters. The van der Waals surface area contributed by atoms with Gasteiger partial charge in [-0.1, -0.05) is 39.5 Å². The van der Waals surface area contributed by atoms with Gasteiger partial charge in [0, 0.05) is 5.70 Å². The lowest BCUT2D eigenvalue weighted by molar-refractivity contribution is 0.511. The molecule has 68 valence electrons. The van der Waals surface area contributed by atoms with E-state index in [0.29, 0.717) is 0 Å². The Balaban J connectivity index is 4.51. The summed E-state index contributed by atoms with van der Waals surface area (Å²) in [6.45, 7) is 12.2. The molecule has 0 aromatic carbocycles. The van der Waals surface area contributed by atoms with Crippen LogP contribution in [-0.4, -0.2) is 0 Å². The third kappa shape index (κ3) is 3.42. The zero-order chi connectivity index (χ0) is 9.78. The molecule has 0 spiro atoms. The molecule has 0 rings (SSSR count). The van der Waals surface area contributed by atoms with E-state index < -0.39 is 0 Å². The highest BCUT2D eigenvalue weighted by molar-refractivity contribution is 5.32. The summed E-state index contributed by atoms with van der Waals surface area (Å²) < 4.78 is 0. The van der Waals surface area contributed by atoms with E-state index in [9.17, 15) is 0 Å². The summed E-state index contributed by atoms with van der Waals surface area (Å²) in [4.78, 5) is 0. The summed E-state index contributed by atoms with van der Waals surface area (Å²) in [5.41, 5.74) is 7.61. The first-order chi connectivity index (χ1) is 5.39. The molecule has 2 N–H and O–H groups in total. The fourth-order valence-corrected chi connectivity index (χ4v) is 0.733. The minimum absolute atomic E-state index is 0.0577. The SMILES string of the molecule is C=C(/C(N)=C\C=C/C)C(C)(C)C. The van der Waals surface area contributed by atoms with E-state index in [-0.39, 0.29) is 5.41 Å². The molecule has 0 aromatic heterocycles. The molecule has 12 heavy (non-hydrogen) atoms. The molecule has 0 saturated heterocycles. The molecule has 0 aliphatic heterocycles. The van der Waals surface area contributed by atoms with Crippen LogP contribution < -0.4 is 5.73 Å². The van der Waals surface area contributed by atoms with Crippen LogP contribution in [0.25, 0.3) is 0 Å². The van der Waals surface area contributed by atoms with Gasteiger partial charge in [-0.25, -0.2) is 0 Å². The lowest BCUT2D eigenvalue weighted by Crippen LogP contribution is -2.14. The summed E-state index contributed by atoms with van der Waals surface area (Å²) in [7, 11) is 0. The van der Waals surface area contributed by atoms with Crippen LogP contribution in [-0.2, 0) is 0 Å². The summed E-state index contributed by atoms with van der Waals surface area (Å²) in [6, 6.07) is 0. The van der Waals surface area contributed by atoms with Gasteiger partial charge in [-0.05, 0) is 24.0 Å². The maximum absolute atomic E-state index is 5.80. The van der Waals surface area contributed by atoms with E-state index >= 15 is 0 Å². The zero-order valence-corrected chi connectivity index (χ0v) is 8.52. The fraction of sp³-hybridized carbons (Fsp3) is 0.455. The number of hydrogen-bond donors (Lipinski definition) is 1. The van der Waals surface area contributed by atoms with Gasteiger partial charge >= 0.3 is 0 Å². The average Bonchev–Trinajstić information content (AvgIpc) is 1.97. The van der Waals surface area contributed by atoms with Gasteiger partial charge in [0.2, 0.25) is 0 Å². The van der Waals surface area contributed by atoms with Gasteiger partial charge in [-0.3, -0.25) is 0 Å². The quantitative estimate of drug-likeness (QED) is 0.625. The molecule has 0 heterocycles. The van der Waals surface area contributed by atoms with Crippen molar-refractivity contribution in [3.63, 3.8) is 0 Å². The maximum atomic E-state index is 5.80. The van der Waals surface area contributed by atoms with Crippen molar-refractivity contribution in [2.75, 3.05) is 0 Å². The zero-order valence-electron chi connectivity index (χ0n) is 8.52. The van der Waals surface area contributed by atoms with Gasteiger partial charge in [0.05, 0.1) is 0 Å². The highest BCUT2D eigenvalue weighted by atomic mass is 14.6. The first kappa shape index (κ1) is 11.0. The normalized spacial score (nSPS) is 13.8. The van der Waals surface area contributed by atoms with Crippen LogP contribution in [0, 0.1) is 5.41 Å². The van der Waals surface area contributed by atoms with E-state index in [0.717, 1.165) is 11.3 Å². The average molecular weight is 165 g/mol. The highest BCUT2D eigenvalue weighted by Crippen LogP contribution is 2.26. The van der Waals surface area contributed by atoms with Crippen molar-refractivity contribution >= 4 is 0 Å². The van der Waals surface area contributed by atoms with Crippen LogP contribution in [0.15, 0.2) is 36.1 Å². The Morgan fingerprint density at radius 1 is 1.33 bits per heavy atom. The van der Waals surface area contributed by atoms with Gasteiger partial charge in [0.1, 0.15) is 0 Å². The first-order valence-electron chi connectivity index (χ1n) is 4.17. The van der Waals surface area contributed by atoms with Crippen LogP contribution in [0.3, 0.4) is 0 Å². The van der Waals surface area contributed by atoms with Gasteiger partial charge in [0.25, 0.3) is 0 Å². The fourth-order valence-electron chi connectivity index (χ4n) is 0.733. The minimum Gasteiger partial charge on any atom is -0.399 e. The largest absolute Gasteiger partial charge is 0.399 e. The van der Waals surface area contributed by atoms with Crippen LogP contribution in [0.4, 0.5) is 0 Å². The molecule has 1 nitrogen and oxygen atoms in total. The number of nitrogens with two attached hydrogens (primary N) is 1. The molecule has 0 atom stereocenters. The second kappa shape index (κ2) is 4.15. The van der Waals surface area contributed by atoms with Crippen molar-refractivity contribution < 1.29 is 0 Å². The lowest BCUT2D eigenvalue weighted by atomic mass is 9.85. The summed E-state index contributed by atoms with van der Waals surface area (Å²) >= 11 is 0. The maximum Gasteiger partial charge on any atom is 0.0345 e. The summed E-state index contributed by atoms with van der Waals surface area (Å²) in [6.07, 6.45) is 5.75. The van der Waals surface area contributed by atoms with Crippen molar-refractivity contribution in [1.29, 1.82) is 0 Å². The van der Waals surface area contributed by atoms with Gasteiger partial charge in [0.15, 0.2) is 0 Å². The molecule has 1 heteroatoms. The van der Waals surface area contributed by atoms with Crippen molar-refractivity contribution in [3.05, 3.63) is 36.1 Å². The smallest absolute Gasteiger partial charge is 0.0345 e. The Morgan fingerprint density at radius 3 is 2.17 bits per heavy atom. The Morgan fingerprint density at radius 2 is 1.83 bits per heavy atom. The Hall–Kier alpha value is -0.980. The number of rotatable bonds is 2. The van der Waals surface area contributed by atoms with Crippen LogP contribution in [0.2, 0.25) is 0 Å². The second-order valence-corrected chi connectivity index (χ2v) is 3.88. The van der Waals surface area contributed by atoms with Crippen molar-refractivity contribution in [2.45, 2.75) is 27.7 Å². The minimum atomic E-state index is 0.0577. The van der Waals surface area contributed by atoms with Crippen LogP contribution in [0.5, 0.6) is 0 Å². The molecular weight excluding hydrogens is 146 g/mol. The second-order valence-electron chi connectivity index (χ2n) is 3.88. The van der Waals surface area contributed by atoms with Crippen LogP contribution >= 0.6 is 0 Å². The Bertz CT molecular complexity index is 214. The molecule has 0 fully saturated rings. The predicted molar refractivity (Wildman–Crippen MR) is 55.7 cm³/mol. The Kier molecular flexibility index (Phi) is 3.81. The predicted octanol–water partition coefficient (Wildman–Crippen LogP) is 3.01. The highest BCUT2D eigenvalue weighted by Gasteiger charge is 2.15. The van der Waals surface area contributed by atoms with E-state index in [1.54, 1.807) is 0 Å². The van der Waals surface area contributed by atoms with E-state index in [1.165, 1.54) is 0 Å². The number of hydrogen-bond acceptors (Lipinski definition) is 1. The van der Waals surface area contributed by atoms with Gasteiger partial charge < -0.3 is 5.73 Å². The standard InChI is InChI=1S/C11H19N/c1-6-7-8-10(12)9(2)11(3,4)5/h6-8H,2,12H2,1,3-5H3/b7-6-,10-8+. The van der Waals surface area contributed by atoms with Gasteiger partial charge in [-0.15, -0.1) is 0 Å². The van der Waals surface area contributed by atoms with E-state index in [2.05, 4.69) is 27.4 Å². The topological polar surface area (TPSA) is 26.0 Å². The van der Waals surface area contributed by atoms with Crippen LogP contribution in [0.1, 0.15) is 27.7 Å². The third-order valence-electron chi connectivity index (χ3n) is 1.72. The molecule has 0 aromatic rings. The summed E-state index contributed by atoms with van der Waals surface area (Å²) in [5, 5.41) is 0.